The van der Waals surface area contributed by atoms with Crippen molar-refractivity contribution in [3.8, 4) is 5.75 Å². The van der Waals surface area contributed by atoms with E-state index >= 15 is 0 Å². The Morgan fingerprint density at radius 2 is 1.19 bits per heavy atom. The number of rotatable bonds is 12. The molecular formula is C31H54O. The molecule has 0 N–H and O–H groups in total. The molecule has 0 unspecified atom stereocenters. The van der Waals surface area contributed by atoms with Gasteiger partial charge in [0.05, 0.1) is 0 Å². The molecule has 0 saturated carbocycles. The Labute approximate surface area is 201 Å². The summed E-state index contributed by atoms with van der Waals surface area (Å²) in [4.78, 5) is 0. The molecule has 0 bridgehead atoms. The van der Waals surface area contributed by atoms with Gasteiger partial charge in [-0.3, -0.25) is 0 Å². The van der Waals surface area contributed by atoms with Crippen LogP contribution in [0.25, 0.3) is 0 Å². The third kappa shape index (κ3) is 8.95. The summed E-state index contributed by atoms with van der Waals surface area (Å²) < 4.78 is 6.39. The number of benzene rings is 1. The van der Waals surface area contributed by atoms with Crippen LogP contribution in [0.4, 0.5) is 0 Å². The van der Waals surface area contributed by atoms with Crippen LogP contribution >= 0.6 is 0 Å². The average molecular weight is 443 g/mol. The van der Waals surface area contributed by atoms with E-state index in [9.17, 15) is 0 Å². The summed E-state index contributed by atoms with van der Waals surface area (Å²) in [5.41, 5.74) is 6.95. The van der Waals surface area contributed by atoms with Crippen LogP contribution in [0.5, 0.6) is 5.75 Å². The molecule has 0 aliphatic carbocycles. The molecule has 2 rings (SSSR count). The Morgan fingerprint density at radius 3 is 1.75 bits per heavy atom. The normalized spacial score (nSPS) is 14.8. The summed E-state index contributed by atoms with van der Waals surface area (Å²) in [6.45, 7) is 22.5. The zero-order chi connectivity index (χ0) is 24.3. The maximum Gasteiger partial charge on any atom is 0.133 e. The average Bonchev–Trinajstić information content (AvgIpc) is 2.77. The van der Waals surface area contributed by atoms with E-state index in [1.54, 1.807) is 0 Å². The molecule has 0 radical (unpaired) electrons. The summed E-state index contributed by atoms with van der Waals surface area (Å²) in [6.07, 6.45) is 15.4. The third-order valence-electron chi connectivity index (χ3n) is 7.51. The van der Waals surface area contributed by atoms with Crippen molar-refractivity contribution < 1.29 is 4.74 Å². The zero-order valence-corrected chi connectivity index (χ0v) is 23.3. The second-order valence-corrected chi connectivity index (χ2v) is 10.6. The predicted molar refractivity (Wildman–Crippen MR) is 144 cm³/mol. The van der Waals surface area contributed by atoms with Gasteiger partial charge in [-0.25, -0.2) is 0 Å². The minimum atomic E-state index is 0.832. The van der Waals surface area contributed by atoms with Crippen LogP contribution in [0.15, 0.2) is 11.8 Å². The molecular weight excluding hydrogens is 388 g/mol. The van der Waals surface area contributed by atoms with Gasteiger partial charge < -0.3 is 4.74 Å². The summed E-state index contributed by atoms with van der Waals surface area (Å²) in [5, 5.41) is 0. The zero-order valence-electron chi connectivity index (χ0n) is 23.3. The van der Waals surface area contributed by atoms with Crippen molar-refractivity contribution in [1.82, 2.24) is 0 Å². The van der Waals surface area contributed by atoms with Gasteiger partial charge in [0.1, 0.15) is 11.5 Å². The van der Waals surface area contributed by atoms with Crippen molar-refractivity contribution >= 4 is 0 Å². The fourth-order valence-corrected chi connectivity index (χ4v) is 4.88. The second-order valence-electron chi connectivity index (χ2n) is 10.6. The van der Waals surface area contributed by atoms with E-state index in [1.165, 1.54) is 84.9 Å². The second kappa shape index (κ2) is 14.8. The SMILES string of the molecule is CC.Cc1c(C)c(C)c2c(c1C)CC=C(CCC[C@H](C)CCC[C@H](C)CCCC(C)C)O2. The first kappa shape index (κ1) is 28.8. The van der Waals surface area contributed by atoms with Gasteiger partial charge >= 0.3 is 0 Å². The lowest BCUT2D eigenvalue weighted by molar-refractivity contribution is 0.360. The topological polar surface area (TPSA) is 9.23 Å². The lowest BCUT2D eigenvalue weighted by atomic mass is 9.90. The highest BCUT2D eigenvalue weighted by Crippen LogP contribution is 2.37. The van der Waals surface area contributed by atoms with E-state index in [4.69, 9.17) is 4.74 Å². The minimum absolute atomic E-state index is 0.832. The molecule has 0 saturated heterocycles. The highest BCUT2D eigenvalue weighted by atomic mass is 16.5. The largest absolute Gasteiger partial charge is 0.461 e. The van der Waals surface area contributed by atoms with Crippen LogP contribution in [0, 0.1) is 45.4 Å². The van der Waals surface area contributed by atoms with Crippen molar-refractivity contribution in [3.05, 3.63) is 39.7 Å². The van der Waals surface area contributed by atoms with E-state index in [-0.39, 0.29) is 0 Å². The van der Waals surface area contributed by atoms with Crippen molar-refractivity contribution in [3.63, 3.8) is 0 Å². The lowest BCUT2D eigenvalue weighted by Gasteiger charge is -2.25. The molecule has 1 aromatic carbocycles. The summed E-state index contributed by atoms with van der Waals surface area (Å²) in [6, 6.07) is 0. The van der Waals surface area contributed by atoms with Crippen LogP contribution in [0.2, 0.25) is 0 Å². The summed E-state index contributed by atoms with van der Waals surface area (Å²) >= 11 is 0. The van der Waals surface area contributed by atoms with Crippen LogP contribution in [-0.4, -0.2) is 0 Å². The van der Waals surface area contributed by atoms with Crippen LogP contribution in [0.1, 0.15) is 127 Å². The van der Waals surface area contributed by atoms with Crippen molar-refractivity contribution in [2.75, 3.05) is 0 Å². The van der Waals surface area contributed by atoms with Crippen LogP contribution in [-0.2, 0) is 6.42 Å². The standard InChI is InChI=1S/C29H48O.C2H6/c1-20(2)12-9-13-21(3)14-10-15-22(4)16-11-17-27-18-19-28-25(7)23(5)24(6)26(8)29(28)30-27;1-2/h18,20-22H,9-17,19H2,1-8H3;1-2H3/t21-,22-;/m1./s1. The molecule has 2 atom stereocenters. The van der Waals surface area contributed by atoms with E-state index in [0.29, 0.717) is 0 Å². The van der Waals surface area contributed by atoms with Crippen molar-refractivity contribution in [2.45, 2.75) is 133 Å². The number of allylic oxidation sites excluding steroid dienone is 2. The fourth-order valence-electron chi connectivity index (χ4n) is 4.88. The smallest absolute Gasteiger partial charge is 0.133 e. The first-order chi connectivity index (χ1) is 15.2. The van der Waals surface area contributed by atoms with Gasteiger partial charge in [-0.2, -0.15) is 0 Å². The fraction of sp³-hybridized carbons (Fsp3) is 0.742. The molecule has 1 aliphatic heterocycles. The number of ether oxygens (including phenoxy) is 1. The molecule has 1 heterocycles. The van der Waals surface area contributed by atoms with E-state index in [2.05, 4.69) is 61.5 Å². The number of hydrogen-bond acceptors (Lipinski definition) is 1. The maximum absolute atomic E-state index is 6.39. The van der Waals surface area contributed by atoms with Crippen LogP contribution < -0.4 is 4.74 Å². The number of fused-ring (bicyclic) bond motifs is 1. The van der Waals surface area contributed by atoms with Gasteiger partial charge in [-0.1, -0.05) is 86.5 Å². The molecule has 1 aliphatic rings. The van der Waals surface area contributed by atoms with Gasteiger partial charge in [0, 0.05) is 12.0 Å². The molecule has 0 aromatic heterocycles. The van der Waals surface area contributed by atoms with Gasteiger partial charge in [0.25, 0.3) is 0 Å². The first-order valence-corrected chi connectivity index (χ1v) is 13.7. The maximum atomic E-state index is 6.39. The van der Waals surface area contributed by atoms with Gasteiger partial charge in [0.2, 0.25) is 0 Å². The molecule has 0 amide bonds. The van der Waals surface area contributed by atoms with Crippen molar-refractivity contribution in [1.29, 1.82) is 0 Å². The highest BCUT2D eigenvalue weighted by Gasteiger charge is 2.20. The Kier molecular flexibility index (Phi) is 13.3. The Hall–Kier alpha value is -1.24. The quantitative estimate of drug-likeness (QED) is 0.313. The molecule has 32 heavy (non-hydrogen) atoms. The van der Waals surface area contributed by atoms with E-state index in [1.807, 2.05) is 13.8 Å². The first-order valence-electron chi connectivity index (χ1n) is 13.7. The van der Waals surface area contributed by atoms with Gasteiger partial charge in [0.15, 0.2) is 0 Å². The predicted octanol–water partition coefficient (Wildman–Crippen LogP) is 10.2. The van der Waals surface area contributed by atoms with Crippen molar-refractivity contribution in [2.24, 2.45) is 17.8 Å². The van der Waals surface area contributed by atoms with E-state index in [0.717, 1.165) is 36.3 Å². The van der Waals surface area contributed by atoms with E-state index < -0.39 is 0 Å². The Bertz CT molecular complexity index is 710. The summed E-state index contributed by atoms with van der Waals surface area (Å²) in [7, 11) is 0. The minimum Gasteiger partial charge on any atom is -0.461 e. The lowest BCUT2D eigenvalue weighted by Crippen LogP contribution is -2.10. The molecule has 1 nitrogen and oxygen atoms in total. The van der Waals surface area contributed by atoms with Crippen LogP contribution in [0.3, 0.4) is 0 Å². The van der Waals surface area contributed by atoms with Gasteiger partial charge in [-0.15, -0.1) is 0 Å². The Morgan fingerprint density at radius 1 is 0.688 bits per heavy atom. The summed E-state index contributed by atoms with van der Waals surface area (Å²) in [5.74, 6) is 4.93. The molecule has 0 fully saturated rings. The third-order valence-corrected chi connectivity index (χ3v) is 7.51. The van der Waals surface area contributed by atoms with Gasteiger partial charge in [-0.05, 0) is 86.6 Å². The number of hydrogen-bond donors (Lipinski definition) is 0. The molecule has 1 aromatic rings. The molecule has 184 valence electrons. The Balaban J connectivity index is 0.00000249. The highest BCUT2D eigenvalue weighted by molar-refractivity contribution is 5.56. The molecule has 0 spiro atoms. The molecule has 1 heteroatoms. The monoisotopic (exact) mass is 442 g/mol.